The van der Waals surface area contributed by atoms with Crippen LogP contribution in [0.3, 0.4) is 0 Å². The monoisotopic (exact) mass is 379 g/mol. The molecule has 0 saturated carbocycles. The Balaban J connectivity index is 1.90. The van der Waals surface area contributed by atoms with Crippen LogP contribution in [0.15, 0.2) is 36.4 Å². The zero-order chi connectivity index (χ0) is 19.8. The molecule has 142 valence electrons. The first-order valence-electron chi connectivity index (χ1n) is 8.18. The molecule has 1 aliphatic rings. The lowest BCUT2D eigenvalue weighted by molar-refractivity contribution is -0.139. The van der Waals surface area contributed by atoms with E-state index in [-0.39, 0.29) is 23.7 Å². The van der Waals surface area contributed by atoms with Gasteiger partial charge < -0.3 is 15.6 Å². The molecule has 5 nitrogen and oxygen atoms in total. The fourth-order valence-corrected chi connectivity index (χ4v) is 3.29. The number of aryl methyl sites for hydroxylation is 1. The molecule has 1 atom stereocenters. The van der Waals surface area contributed by atoms with Gasteiger partial charge in [0.15, 0.2) is 0 Å². The van der Waals surface area contributed by atoms with Gasteiger partial charge in [0.2, 0.25) is 5.91 Å². The molecule has 0 bridgehead atoms. The van der Waals surface area contributed by atoms with Crippen molar-refractivity contribution in [1.82, 2.24) is 0 Å². The summed E-state index contributed by atoms with van der Waals surface area (Å²) >= 11 is 0. The smallest absolute Gasteiger partial charge is 0.420 e. The highest BCUT2D eigenvalue weighted by Crippen LogP contribution is 2.41. The Morgan fingerprint density at radius 2 is 1.93 bits per heavy atom. The van der Waals surface area contributed by atoms with E-state index in [9.17, 15) is 22.8 Å². The van der Waals surface area contributed by atoms with Crippen molar-refractivity contribution < 1.29 is 32.6 Å². The van der Waals surface area contributed by atoms with E-state index in [1.165, 1.54) is 12.1 Å². The number of carboxylic acids is 1. The third-order valence-corrected chi connectivity index (χ3v) is 4.53. The molecule has 0 radical (unpaired) electrons. The quantitative estimate of drug-likeness (QED) is 0.818. The summed E-state index contributed by atoms with van der Waals surface area (Å²) < 4.78 is 45.3. The normalized spacial score (nSPS) is 16.0. The Labute approximate surface area is 152 Å². The van der Waals surface area contributed by atoms with Crippen LogP contribution in [0.2, 0.25) is 0 Å². The lowest BCUT2D eigenvalue weighted by Gasteiger charge is -2.15. The van der Waals surface area contributed by atoms with Crippen LogP contribution in [-0.2, 0) is 17.4 Å². The van der Waals surface area contributed by atoms with Crippen molar-refractivity contribution in [3.05, 3.63) is 58.7 Å². The van der Waals surface area contributed by atoms with Gasteiger partial charge in [-0.3, -0.25) is 9.59 Å². The average molecular weight is 379 g/mol. The Morgan fingerprint density at radius 3 is 2.56 bits per heavy atom. The van der Waals surface area contributed by atoms with E-state index in [2.05, 4.69) is 0 Å². The van der Waals surface area contributed by atoms with Gasteiger partial charge in [-0.2, -0.15) is 13.2 Å². The lowest BCUT2D eigenvalue weighted by atomic mass is 9.98. The molecule has 8 heteroatoms. The third-order valence-electron chi connectivity index (χ3n) is 4.53. The van der Waals surface area contributed by atoms with E-state index in [0.29, 0.717) is 18.9 Å². The number of amides is 1. The third kappa shape index (κ3) is 4.05. The van der Waals surface area contributed by atoms with E-state index in [1.54, 1.807) is 12.1 Å². The topological polar surface area (TPSA) is 89.6 Å². The van der Waals surface area contributed by atoms with Gasteiger partial charge in [0, 0.05) is 5.56 Å². The molecule has 0 heterocycles. The number of carbonyl (C=O) groups excluding carboxylic acids is 1. The van der Waals surface area contributed by atoms with Crippen LogP contribution in [0.4, 0.5) is 13.2 Å². The minimum atomic E-state index is -4.72. The van der Waals surface area contributed by atoms with Crippen molar-refractivity contribution in [2.45, 2.75) is 31.4 Å². The maximum atomic E-state index is 13.3. The van der Waals surface area contributed by atoms with Gasteiger partial charge in [-0.1, -0.05) is 6.07 Å². The lowest BCUT2D eigenvalue weighted by Crippen LogP contribution is -2.14. The molecule has 0 saturated heterocycles. The fraction of sp³-hybridized carbons (Fsp3) is 0.263. The molecule has 2 aromatic carbocycles. The van der Waals surface area contributed by atoms with Crippen LogP contribution in [0.5, 0.6) is 11.5 Å². The predicted molar refractivity (Wildman–Crippen MR) is 89.8 cm³/mol. The van der Waals surface area contributed by atoms with E-state index < -0.39 is 29.4 Å². The summed E-state index contributed by atoms with van der Waals surface area (Å²) in [7, 11) is 0. The molecule has 3 rings (SSSR count). The van der Waals surface area contributed by atoms with E-state index in [4.69, 9.17) is 15.6 Å². The number of hydrogen-bond donors (Lipinski definition) is 2. The van der Waals surface area contributed by atoms with Crippen LogP contribution in [0, 0.1) is 0 Å². The highest BCUT2D eigenvalue weighted by Gasteiger charge is 2.35. The predicted octanol–water partition coefficient (Wildman–Crippen LogP) is 4.10. The number of ether oxygens (including phenoxy) is 1. The molecule has 1 aliphatic carbocycles. The van der Waals surface area contributed by atoms with Gasteiger partial charge in [-0.15, -0.1) is 0 Å². The minimum absolute atomic E-state index is 0.0139. The molecule has 0 fully saturated rings. The van der Waals surface area contributed by atoms with Crippen LogP contribution in [0.25, 0.3) is 0 Å². The first-order valence-corrected chi connectivity index (χ1v) is 8.18. The Morgan fingerprint density at radius 1 is 1.19 bits per heavy atom. The molecule has 2 aromatic rings. The fourth-order valence-electron chi connectivity index (χ4n) is 3.29. The molecule has 27 heavy (non-hydrogen) atoms. The number of hydrogen-bond acceptors (Lipinski definition) is 3. The Hall–Kier alpha value is -3.03. The van der Waals surface area contributed by atoms with Crippen LogP contribution >= 0.6 is 0 Å². The number of carboxylic acid groups (broad SMARTS) is 1. The Kier molecular flexibility index (Phi) is 4.82. The first kappa shape index (κ1) is 18.8. The van der Waals surface area contributed by atoms with Gasteiger partial charge in [0.25, 0.3) is 0 Å². The van der Waals surface area contributed by atoms with Gasteiger partial charge in [-0.25, -0.2) is 0 Å². The standard InChI is InChI=1S/C19H16F3NO4/c20-19(21,22)15-8-12(18(23)26)3-6-16(15)27-13-4-5-14-10(7-13)1-2-11(14)9-17(24)25/h3-8,11H,1-2,9H2,(H2,23,26)(H,24,25)/t11-/m0/s1. The molecule has 0 aromatic heterocycles. The maximum Gasteiger partial charge on any atom is 0.420 e. The Bertz CT molecular complexity index is 908. The number of nitrogens with two attached hydrogens (primary N) is 1. The molecule has 0 spiro atoms. The number of aliphatic carboxylic acids is 1. The summed E-state index contributed by atoms with van der Waals surface area (Å²) in [6, 6.07) is 7.72. The number of benzene rings is 2. The second kappa shape index (κ2) is 6.94. The van der Waals surface area contributed by atoms with E-state index in [0.717, 1.165) is 17.2 Å². The van der Waals surface area contributed by atoms with Gasteiger partial charge >= 0.3 is 12.1 Å². The number of carbonyl (C=O) groups is 2. The minimum Gasteiger partial charge on any atom is -0.481 e. The highest BCUT2D eigenvalue weighted by atomic mass is 19.4. The molecule has 0 aliphatic heterocycles. The zero-order valence-corrected chi connectivity index (χ0v) is 14.0. The van der Waals surface area contributed by atoms with Crippen LogP contribution in [0.1, 0.15) is 45.8 Å². The van der Waals surface area contributed by atoms with Gasteiger partial charge in [-0.05, 0) is 60.2 Å². The summed E-state index contributed by atoms with van der Waals surface area (Å²) in [5.41, 5.74) is 5.43. The summed E-state index contributed by atoms with van der Waals surface area (Å²) in [6.07, 6.45) is -3.40. The first-order chi connectivity index (χ1) is 12.6. The molecule has 0 unspecified atom stereocenters. The average Bonchev–Trinajstić information content (AvgIpc) is 2.95. The maximum absolute atomic E-state index is 13.3. The summed E-state index contributed by atoms with van der Waals surface area (Å²) in [5, 5.41) is 8.95. The van der Waals surface area contributed by atoms with Crippen molar-refractivity contribution >= 4 is 11.9 Å². The van der Waals surface area contributed by atoms with Gasteiger partial charge in [0.05, 0.1) is 12.0 Å². The number of halogens is 3. The molecular weight excluding hydrogens is 363 g/mol. The van der Waals surface area contributed by atoms with Gasteiger partial charge in [0.1, 0.15) is 11.5 Å². The second-order valence-corrected chi connectivity index (χ2v) is 6.37. The highest BCUT2D eigenvalue weighted by molar-refractivity contribution is 5.93. The summed E-state index contributed by atoms with van der Waals surface area (Å²) in [5.74, 6) is -2.19. The van der Waals surface area contributed by atoms with E-state index in [1.807, 2.05) is 0 Å². The number of fused-ring (bicyclic) bond motifs is 1. The summed E-state index contributed by atoms with van der Waals surface area (Å²) in [4.78, 5) is 22.1. The van der Waals surface area contributed by atoms with Crippen molar-refractivity contribution in [2.75, 3.05) is 0 Å². The van der Waals surface area contributed by atoms with E-state index >= 15 is 0 Å². The summed E-state index contributed by atoms with van der Waals surface area (Å²) in [6.45, 7) is 0. The molecule has 1 amide bonds. The molecular formula is C19H16F3NO4. The number of alkyl halides is 3. The number of rotatable bonds is 5. The number of primary amides is 1. The van der Waals surface area contributed by atoms with Crippen molar-refractivity contribution in [1.29, 1.82) is 0 Å². The van der Waals surface area contributed by atoms with Crippen LogP contribution < -0.4 is 10.5 Å². The van der Waals surface area contributed by atoms with Crippen molar-refractivity contribution in [2.24, 2.45) is 5.73 Å². The zero-order valence-electron chi connectivity index (χ0n) is 14.0. The van der Waals surface area contributed by atoms with Crippen molar-refractivity contribution in [3.8, 4) is 11.5 Å². The van der Waals surface area contributed by atoms with Crippen molar-refractivity contribution in [3.63, 3.8) is 0 Å². The second-order valence-electron chi connectivity index (χ2n) is 6.37. The molecule has 3 N–H and O–H groups in total. The van der Waals surface area contributed by atoms with Crippen LogP contribution in [-0.4, -0.2) is 17.0 Å². The largest absolute Gasteiger partial charge is 0.481 e. The SMILES string of the molecule is NC(=O)c1ccc(Oc2ccc3c(c2)CC[C@H]3CC(=O)O)c(C(F)(F)F)c1.